The van der Waals surface area contributed by atoms with Gasteiger partial charge in [0.1, 0.15) is 12.7 Å². The van der Waals surface area contributed by atoms with Crippen LogP contribution < -0.4 is 4.74 Å². The van der Waals surface area contributed by atoms with Crippen molar-refractivity contribution in [1.82, 2.24) is 9.88 Å². The summed E-state index contributed by atoms with van der Waals surface area (Å²) in [7, 11) is 0. The number of nitrogens with zero attached hydrogens (tertiary/aromatic N) is 2. The number of aliphatic hydroxyl groups is 1. The lowest BCUT2D eigenvalue weighted by Crippen LogP contribution is -2.38. The number of hydrogen-bond acceptors (Lipinski definition) is 4. The molecule has 18 heavy (non-hydrogen) atoms. The molecule has 0 bridgehead atoms. The standard InChI is InChI=1S/C14H22N2O2/c1-12-6-5-7-15-14(12)18-11-13(17)10-16-8-3-2-4-9-16/h5-7,13,17H,2-4,8-11H2,1H3. The van der Waals surface area contributed by atoms with E-state index in [0.29, 0.717) is 19.0 Å². The molecule has 2 heterocycles. The van der Waals surface area contributed by atoms with Crippen LogP contribution in [0.4, 0.5) is 0 Å². The SMILES string of the molecule is Cc1cccnc1OCC(O)CN1CCCCC1. The number of aryl methyl sites for hydroxylation is 1. The topological polar surface area (TPSA) is 45.6 Å². The first-order valence-corrected chi connectivity index (χ1v) is 6.70. The Balaban J connectivity index is 1.74. The van der Waals surface area contributed by atoms with Crippen LogP contribution in [0, 0.1) is 6.92 Å². The van der Waals surface area contributed by atoms with E-state index < -0.39 is 6.10 Å². The van der Waals surface area contributed by atoms with Crippen molar-refractivity contribution < 1.29 is 9.84 Å². The van der Waals surface area contributed by atoms with Gasteiger partial charge in [0.2, 0.25) is 5.88 Å². The summed E-state index contributed by atoms with van der Waals surface area (Å²) in [5.74, 6) is 0.621. The Labute approximate surface area is 109 Å². The number of hydrogen-bond donors (Lipinski definition) is 1. The largest absolute Gasteiger partial charge is 0.475 e. The number of rotatable bonds is 5. The summed E-state index contributed by atoms with van der Waals surface area (Å²) in [6.45, 7) is 5.17. The molecule has 0 saturated carbocycles. The summed E-state index contributed by atoms with van der Waals surface area (Å²) >= 11 is 0. The zero-order chi connectivity index (χ0) is 12.8. The molecule has 0 radical (unpaired) electrons. The molecule has 1 aliphatic rings. The minimum atomic E-state index is -0.440. The number of pyridine rings is 1. The maximum Gasteiger partial charge on any atom is 0.216 e. The van der Waals surface area contributed by atoms with Crippen LogP contribution in [0.25, 0.3) is 0 Å². The second-order valence-corrected chi connectivity index (χ2v) is 4.95. The van der Waals surface area contributed by atoms with Crippen molar-refractivity contribution in [1.29, 1.82) is 0 Å². The molecule has 0 aromatic carbocycles. The van der Waals surface area contributed by atoms with Crippen LogP contribution in [-0.2, 0) is 0 Å². The third-order valence-corrected chi connectivity index (χ3v) is 3.29. The van der Waals surface area contributed by atoms with Gasteiger partial charge in [-0.25, -0.2) is 4.98 Å². The monoisotopic (exact) mass is 250 g/mol. The highest BCUT2D eigenvalue weighted by Crippen LogP contribution is 2.13. The highest BCUT2D eigenvalue weighted by molar-refractivity contribution is 5.23. The fourth-order valence-electron chi connectivity index (χ4n) is 2.29. The van der Waals surface area contributed by atoms with E-state index in [1.165, 1.54) is 19.3 Å². The smallest absolute Gasteiger partial charge is 0.216 e. The Morgan fingerprint density at radius 1 is 1.39 bits per heavy atom. The van der Waals surface area contributed by atoms with Crippen molar-refractivity contribution in [3.63, 3.8) is 0 Å². The van der Waals surface area contributed by atoms with Gasteiger partial charge in [0.15, 0.2) is 0 Å². The highest BCUT2D eigenvalue weighted by atomic mass is 16.5. The maximum atomic E-state index is 9.96. The molecule has 1 atom stereocenters. The van der Waals surface area contributed by atoms with Gasteiger partial charge in [-0.15, -0.1) is 0 Å². The average molecular weight is 250 g/mol. The lowest BCUT2D eigenvalue weighted by Gasteiger charge is -2.28. The molecule has 1 N–H and O–H groups in total. The van der Waals surface area contributed by atoms with Crippen LogP contribution in [0.2, 0.25) is 0 Å². The summed E-state index contributed by atoms with van der Waals surface area (Å²) in [6, 6.07) is 3.84. The van der Waals surface area contributed by atoms with Gasteiger partial charge in [-0.3, -0.25) is 0 Å². The number of likely N-dealkylation sites (tertiary alicyclic amines) is 1. The number of aromatic nitrogens is 1. The molecule has 0 amide bonds. The summed E-state index contributed by atoms with van der Waals surface area (Å²) < 4.78 is 5.55. The third kappa shape index (κ3) is 3.96. The number of aliphatic hydroxyl groups excluding tert-OH is 1. The van der Waals surface area contributed by atoms with Crippen molar-refractivity contribution in [3.05, 3.63) is 23.9 Å². The molecule has 0 spiro atoms. The van der Waals surface area contributed by atoms with E-state index >= 15 is 0 Å². The lowest BCUT2D eigenvalue weighted by molar-refractivity contribution is 0.0600. The minimum Gasteiger partial charge on any atom is -0.475 e. The molecule has 1 saturated heterocycles. The Bertz CT molecular complexity index is 365. The van der Waals surface area contributed by atoms with E-state index in [1.54, 1.807) is 6.20 Å². The molecule has 4 heteroatoms. The van der Waals surface area contributed by atoms with Crippen LogP contribution in [0.1, 0.15) is 24.8 Å². The summed E-state index contributed by atoms with van der Waals surface area (Å²) in [5.41, 5.74) is 1.00. The Kier molecular flexibility index (Phi) is 4.96. The Hall–Kier alpha value is -1.13. The predicted molar refractivity (Wildman–Crippen MR) is 70.8 cm³/mol. The molecule has 1 aromatic heterocycles. The Morgan fingerprint density at radius 3 is 2.89 bits per heavy atom. The van der Waals surface area contributed by atoms with Crippen molar-refractivity contribution in [2.75, 3.05) is 26.2 Å². The molecular weight excluding hydrogens is 228 g/mol. The number of ether oxygens (including phenoxy) is 1. The summed E-state index contributed by atoms with van der Waals surface area (Å²) in [4.78, 5) is 6.46. The average Bonchev–Trinajstić information content (AvgIpc) is 2.39. The van der Waals surface area contributed by atoms with Crippen LogP contribution in [0.15, 0.2) is 18.3 Å². The van der Waals surface area contributed by atoms with Gasteiger partial charge in [-0.1, -0.05) is 12.5 Å². The molecule has 2 rings (SSSR count). The van der Waals surface area contributed by atoms with E-state index in [9.17, 15) is 5.11 Å². The highest BCUT2D eigenvalue weighted by Gasteiger charge is 2.15. The van der Waals surface area contributed by atoms with Crippen molar-refractivity contribution in [3.8, 4) is 5.88 Å². The van der Waals surface area contributed by atoms with E-state index in [-0.39, 0.29) is 0 Å². The van der Waals surface area contributed by atoms with Crippen molar-refractivity contribution in [2.24, 2.45) is 0 Å². The van der Waals surface area contributed by atoms with Crippen LogP contribution >= 0.6 is 0 Å². The fraction of sp³-hybridized carbons (Fsp3) is 0.643. The van der Waals surface area contributed by atoms with Crippen molar-refractivity contribution in [2.45, 2.75) is 32.3 Å². The lowest BCUT2D eigenvalue weighted by atomic mass is 10.1. The first kappa shape index (κ1) is 13.3. The first-order chi connectivity index (χ1) is 8.75. The van der Waals surface area contributed by atoms with E-state index in [4.69, 9.17) is 4.74 Å². The van der Waals surface area contributed by atoms with Crippen LogP contribution in [0.5, 0.6) is 5.88 Å². The zero-order valence-corrected chi connectivity index (χ0v) is 11.0. The fourth-order valence-corrected chi connectivity index (χ4v) is 2.29. The zero-order valence-electron chi connectivity index (χ0n) is 11.0. The molecular formula is C14H22N2O2. The minimum absolute atomic E-state index is 0.314. The predicted octanol–water partition coefficient (Wildman–Crippen LogP) is 1.62. The second-order valence-electron chi connectivity index (χ2n) is 4.95. The quantitative estimate of drug-likeness (QED) is 0.862. The summed E-state index contributed by atoms with van der Waals surface area (Å²) in [6.07, 6.45) is 5.07. The van der Waals surface area contributed by atoms with E-state index in [1.807, 2.05) is 19.1 Å². The summed E-state index contributed by atoms with van der Waals surface area (Å²) in [5, 5.41) is 9.96. The Morgan fingerprint density at radius 2 is 2.17 bits per heavy atom. The van der Waals surface area contributed by atoms with Gasteiger partial charge in [0, 0.05) is 18.3 Å². The van der Waals surface area contributed by atoms with E-state index in [0.717, 1.165) is 18.7 Å². The molecule has 0 aliphatic carbocycles. The van der Waals surface area contributed by atoms with Gasteiger partial charge < -0.3 is 14.7 Å². The third-order valence-electron chi connectivity index (χ3n) is 3.29. The van der Waals surface area contributed by atoms with Gasteiger partial charge in [-0.2, -0.15) is 0 Å². The maximum absolute atomic E-state index is 9.96. The van der Waals surface area contributed by atoms with Gasteiger partial charge in [0.05, 0.1) is 0 Å². The molecule has 100 valence electrons. The van der Waals surface area contributed by atoms with Gasteiger partial charge >= 0.3 is 0 Å². The van der Waals surface area contributed by atoms with E-state index in [2.05, 4.69) is 9.88 Å². The van der Waals surface area contributed by atoms with Crippen LogP contribution in [-0.4, -0.2) is 47.3 Å². The van der Waals surface area contributed by atoms with Gasteiger partial charge in [0.25, 0.3) is 0 Å². The number of piperidine rings is 1. The molecule has 1 unspecified atom stereocenters. The molecule has 4 nitrogen and oxygen atoms in total. The van der Waals surface area contributed by atoms with Gasteiger partial charge in [-0.05, 0) is 38.9 Å². The molecule has 1 fully saturated rings. The first-order valence-electron chi connectivity index (χ1n) is 6.70. The van der Waals surface area contributed by atoms with Crippen LogP contribution in [0.3, 0.4) is 0 Å². The number of β-amino-alcohol motifs (C(OH)–C–C–N with tert-alkyl or cyclic N) is 1. The second kappa shape index (κ2) is 6.71. The normalized spacial score (nSPS) is 18.6. The van der Waals surface area contributed by atoms with Crippen molar-refractivity contribution >= 4 is 0 Å². The molecule has 1 aliphatic heterocycles. The molecule has 1 aromatic rings.